The standard InChI is InChI=1S/C14H22N2O4S/c1-4-16(5-2)10-12-7-6-8-13(9-12)15-21(19,20)11(3)14(17)18/h6-9,11,15H,4-5,10H2,1-3H3,(H,17,18). The van der Waals surface area contributed by atoms with Crippen LogP contribution < -0.4 is 4.72 Å². The quantitative estimate of drug-likeness (QED) is 0.763. The molecule has 0 spiro atoms. The van der Waals surface area contributed by atoms with Crippen molar-refractivity contribution in [1.29, 1.82) is 0 Å². The van der Waals surface area contributed by atoms with Gasteiger partial charge in [-0.15, -0.1) is 0 Å². The molecule has 0 aromatic heterocycles. The summed E-state index contributed by atoms with van der Waals surface area (Å²) in [5, 5.41) is 7.31. The average molecular weight is 314 g/mol. The van der Waals surface area contributed by atoms with Gasteiger partial charge in [0.25, 0.3) is 0 Å². The Morgan fingerprint density at radius 3 is 2.48 bits per heavy atom. The van der Waals surface area contributed by atoms with Gasteiger partial charge >= 0.3 is 5.97 Å². The Morgan fingerprint density at radius 2 is 1.95 bits per heavy atom. The maximum absolute atomic E-state index is 11.9. The maximum atomic E-state index is 11.9. The molecule has 21 heavy (non-hydrogen) atoms. The number of hydrogen-bond donors (Lipinski definition) is 2. The van der Waals surface area contributed by atoms with Gasteiger partial charge < -0.3 is 5.11 Å². The minimum Gasteiger partial charge on any atom is -0.480 e. The summed E-state index contributed by atoms with van der Waals surface area (Å²) in [4.78, 5) is 13.0. The summed E-state index contributed by atoms with van der Waals surface area (Å²) in [5.41, 5.74) is 1.36. The van der Waals surface area contributed by atoms with Crippen LogP contribution in [0.3, 0.4) is 0 Å². The number of aliphatic carboxylic acids is 1. The third kappa shape index (κ3) is 5.02. The van der Waals surface area contributed by atoms with Crippen molar-refractivity contribution in [2.24, 2.45) is 0 Å². The third-order valence-electron chi connectivity index (χ3n) is 3.30. The molecule has 0 heterocycles. The van der Waals surface area contributed by atoms with E-state index >= 15 is 0 Å². The summed E-state index contributed by atoms with van der Waals surface area (Å²) in [6, 6.07) is 7.00. The van der Waals surface area contributed by atoms with Crippen LogP contribution in [0.25, 0.3) is 0 Å². The van der Waals surface area contributed by atoms with Crippen molar-refractivity contribution in [3.63, 3.8) is 0 Å². The SMILES string of the molecule is CCN(CC)Cc1cccc(NS(=O)(=O)C(C)C(=O)O)c1. The number of carboxylic acids is 1. The van der Waals surface area contributed by atoms with Gasteiger partial charge in [-0.2, -0.15) is 0 Å². The predicted molar refractivity (Wildman–Crippen MR) is 82.7 cm³/mol. The Morgan fingerprint density at radius 1 is 1.33 bits per heavy atom. The maximum Gasteiger partial charge on any atom is 0.323 e. The third-order valence-corrected chi connectivity index (χ3v) is 4.95. The van der Waals surface area contributed by atoms with Gasteiger partial charge in [-0.1, -0.05) is 26.0 Å². The van der Waals surface area contributed by atoms with Gasteiger partial charge in [0.2, 0.25) is 10.0 Å². The zero-order chi connectivity index (χ0) is 16.0. The van der Waals surface area contributed by atoms with E-state index in [2.05, 4.69) is 23.5 Å². The summed E-state index contributed by atoms with van der Waals surface area (Å²) >= 11 is 0. The molecule has 0 aliphatic heterocycles. The van der Waals surface area contributed by atoms with E-state index in [-0.39, 0.29) is 0 Å². The molecule has 0 aliphatic carbocycles. The summed E-state index contributed by atoms with van der Waals surface area (Å²) in [6.45, 7) is 7.79. The number of benzene rings is 1. The number of carboxylic acid groups (broad SMARTS) is 1. The molecule has 0 amide bonds. The van der Waals surface area contributed by atoms with Crippen molar-refractivity contribution < 1.29 is 18.3 Å². The van der Waals surface area contributed by atoms with Crippen molar-refractivity contribution in [2.45, 2.75) is 32.6 Å². The Kier molecular flexibility index (Phi) is 6.17. The highest BCUT2D eigenvalue weighted by atomic mass is 32.2. The van der Waals surface area contributed by atoms with Crippen LogP contribution in [0, 0.1) is 0 Å². The zero-order valence-corrected chi connectivity index (χ0v) is 13.4. The predicted octanol–water partition coefficient (Wildman–Crippen LogP) is 1.74. The molecular weight excluding hydrogens is 292 g/mol. The minimum absolute atomic E-state index is 0.382. The van der Waals surface area contributed by atoms with Crippen molar-refractivity contribution in [1.82, 2.24) is 4.90 Å². The van der Waals surface area contributed by atoms with Crippen LogP contribution in [0.1, 0.15) is 26.3 Å². The molecule has 0 saturated heterocycles. The highest BCUT2D eigenvalue weighted by molar-refractivity contribution is 7.94. The number of nitrogens with zero attached hydrogens (tertiary/aromatic N) is 1. The first kappa shape index (κ1) is 17.5. The van der Waals surface area contributed by atoms with Crippen molar-refractivity contribution in [2.75, 3.05) is 17.8 Å². The molecule has 1 aromatic rings. The molecule has 7 heteroatoms. The van der Waals surface area contributed by atoms with Gasteiger partial charge in [0.1, 0.15) is 0 Å². The van der Waals surface area contributed by atoms with Crippen LogP contribution in [-0.2, 0) is 21.4 Å². The first-order chi connectivity index (χ1) is 9.80. The lowest BCUT2D eigenvalue weighted by Gasteiger charge is -2.18. The fourth-order valence-electron chi connectivity index (χ4n) is 1.82. The number of carbonyl (C=O) groups is 1. The van der Waals surface area contributed by atoms with Crippen molar-refractivity contribution >= 4 is 21.7 Å². The van der Waals surface area contributed by atoms with Gasteiger partial charge in [-0.05, 0) is 37.7 Å². The molecule has 0 saturated carbocycles. The zero-order valence-electron chi connectivity index (χ0n) is 12.5. The second kappa shape index (κ2) is 7.42. The van der Waals surface area contributed by atoms with Crippen LogP contribution >= 0.6 is 0 Å². The van der Waals surface area contributed by atoms with Crippen LogP contribution in [-0.4, -0.2) is 42.7 Å². The highest BCUT2D eigenvalue weighted by Crippen LogP contribution is 2.16. The van der Waals surface area contributed by atoms with Crippen LogP contribution in [0.15, 0.2) is 24.3 Å². The second-order valence-electron chi connectivity index (χ2n) is 4.79. The van der Waals surface area contributed by atoms with E-state index in [0.717, 1.165) is 32.1 Å². The molecule has 0 fully saturated rings. The fraction of sp³-hybridized carbons (Fsp3) is 0.500. The van der Waals surface area contributed by atoms with Crippen molar-refractivity contribution in [3.8, 4) is 0 Å². The molecule has 1 rings (SSSR count). The van der Waals surface area contributed by atoms with Crippen LogP contribution in [0.2, 0.25) is 0 Å². The molecule has 118 valence electrons. The normalized spacial score (nSPS) is 13.1. The molecule has 1 unspecified atom stereocenters. The Hall–Kier alpha value is -1.60. The summed E-state index contributed by atoms with van der Waals surface area (Å²) in [6.07, 6.45) is 0. The number of anilines is 1. The smallest absolute Gasteiger partial charge is 0.323 e. The number of sulfonamides is 1. The topological polar surface area (TPSA) is 86.7 Å². The lowest BCUT2D eigenvalue weighted by Crippen LogP contribution is -2.32. The van der Waals surface area contributed by atoms with E-state index in [1.165, 1.54) is 0 Å². The van der Waals surface area contributed by atoms with E-state index in [4.69, 9.17) is 5.11 Å². The van der Waals surface area contributed by atoms with Crippen LogP contribution in [0.4, 0.5) is 5.69 Å². The second-order valence-corrected chi connectivity index (χ2v) is 6.79. The number of hydrogen-bond acceptors (Lipinski definition) is 4. The lowest BCUT2D eigenvalue weighted by atomic mass is 10.2. The molecule has 1 atom stereocenters. The molecule has 6 nitrogen and oxygen atoms in total. The minimum atomic E-state index is -3.93. The van der Waals surface area contributed by atoms with Gasteiger partial charge in [-0.25, -0.2) is 8.42 Å². The number of nitrogens with one attached hydrogen (secondary N) is 1. The van der Waals surface area contributed by atoms with Gasteiger partial charge in [0, 0.05) is 12.2 Å². The Labute approximate surface area is 125 Å². The highest BCUT2D eigenvalue weighted by Gasteiger charge is 2.27. The first-order valence-corrected chi connectivity index (χ1v) is 8.40. The van der Waals surface area contributed by atoms with Gasteiger partial charge in [-0.3, -0.25) is 14.4 Å². The van der Waals surface area contributed by atoms with E-state index in [1.807, 2.05) is 6.07 Å². The molecule has 0 bridgehead atoms. The van der Waals surface area contributed by atoms with E-state index in [0.29, 0.717) is 5.69 Å². The molecular formula is C14H22N2O4S. The van der Waals surface area contributed by atoms with Crippen LogP contribution in [0.5, 0.6) is 0 Å². The van der Waals surface area contributed by atoms with Gasteiger partial charge in [0.05, 0.1) is 0 Å². The fourth-order valence-corrected chi connectivity index (χ4v) is 2.72. The Balaban J connectivity index is 2.88. The summed E-state index contributed by atoms with van der Waals surface area (Å²) in [7, 11) is -3.93. The summed E-state index contributed by atoms with van der Waals surface area (Å²) in [5.74, 6) is -1.37. The van der Waals surface area contributed by atoms with Gasteiger partial charge in [0.15, 0.2) is 5.25 Å². The van der Waals surface area contributed by atoms with E-state index in [9.17, 15) is 13.2 Å². The molecule has 1 aromatic carbocycles. The van der Waals surface area contributed by atoms with E-state index < -0.39 is 21.2 Å². The summed E-state index contributed by atoms with van der Waals surface area (Å²) < 4.78 is 26.1. The first-order valence-electron chi connectivity index (χ1n) is 6.85. The largest absolute Gasteiger partial charge is 0.480 e. The number of rotatable bonds is 8. The van der Waals surface area contributed by atoms with E-state index in [1.54, 1.807) is 18.2 Å². The monoisotopic (exact) mass is 314 g/mol. The Bertz CT molecular complexity index is 582. The average Bonchev–Trinajstić information content (AvgIpc) is 2.43. The van der Waals surface area contributed by atoms with Crippen molar-refractivity contribution in [3.05, 3.63) is 29.8 Å². The molecule has 0 aliphatic rings. The molecule has 0 radical (unpaired) electrons. The lowest BCUT2D eigenvalue weighted by molar-refractivity contribution is -0.136. The molecule has 2 N–H and O–H groups in total.